The third-order valence-electron chi connectivity index (χ3n) is 6.63. The predicted octanol–water partition coefficient (Wildman–Crippen LogP) is 7.48. The molecule has 2 aromatic carbocycles. The Morgan fingerprint density at radius 1 is 0.630 bits per heavy atom. The lowest BCUT2D eigenvalue weighted by Crippen LogP contribution is -2.13. The zero-order valence-electron chi connectivity index (χ0n) is 23.4. The van der Waals surface area contributed by atoms with Crippen molar-refractivity contribution in [3.8, 4) is 24.3 Å². The molecular weight excluding hydrogens is 625 g/mol. The highest BCUT2D eigenvalue weighted by Crippen LogP contribution is 2.47. The molecule has 6 aromatic rings. The van der Waals surface area contributed by atoms with Crippen LogP contribution < -0.4 is 0 Å². The van der Waals surface area contributed by atoms with Gasteiger partial charge < -0.3 is 9.47 Å². The second kappa shape index (κ2) is 12.6. The molecule has 0 aliphatic carbocycles. The van der Waals surface area contributed by atoms with Crippen LogP contribution in [0.2, 0.25) is 0 Å². The molecule has 14 heteroatoms. The minimum Gasteiger partial charge on any atom is -0.444 e. The van der Waals surface area contributed by atoms with Crippen molar-refractivity contribution in [2.45, 2.75) is 13.2 Å². The Kier molecular flexibility index (Phi) is 8.06. The number of aliphatic imine (C=N–C) groups is 2. The number of nitrogens with zero attached hydrogens (tertiary/aromatic N) is 8. The third-order valence-corrected chi connectivity index (χ3v) is 8.68. The van der Waals surface area contributed by atoms with E-state index < -0.39 is 12.2 Å². The minimum atomic E-state index is -0.761. The van der Waals surface area contributed by atoms with Gasteiger partial charge in [0.25, 0.3) is 0 Å². The van der Waals surface area contributed by atoms with Gasteiger partial charge in [-0.1, -0.05) is 60.7 Å². The molecule has 0 saturated heterocycles. The molecule has 0 unspecified atom stereocenters. The first-order valence-corrected chi connectivity index (χ1v) is 14.9. The van der Waals surface area contributed by atoms with E-state index in [-0.39, 0.29) is 34.6 Å². The van der Waals surface area contributed by atoms with E-state index in [1.807, 2.05) is 36.4 Å². The highest BCUT2D eigenvalue weighted by molar-refractivity contribution is 7.25. The number of nitriles is 4. The van der Waals surface area contributed by atoms with E-state index in [1.54, 1.807) is 48.5 Å². The molecule has 0 spiro atoms. The third kappa shape index (κ3) is 5.45. The number of hydrogen-bond acceptors (Lipinski definition) is 12. The molecule has 0 amide bonds. The van der Waals surface area contributed by atoms with Gasteiger partial charge in [0.2, 0.25) is 11.4 Å². The summed E-state index contributed by atoms with van der Waals surface area (Å²) in [4.78, 5) is 35.9. The van der Waals surface area contributed by atoms with Crippen molar-refractivity contribution in [3.63, 3.8) is 0 Å². The average molecular weight is 641 g/mol. The second-order valence-electron chi connectivity index (χ2n) is 9.41. The standard InChI is InChI=1S/C32H16N8O4S2/c33-13-21(14-34)37-25-11-23-29(45-25)28-27(39(23)31(41)43-17-19-7-3-1-4-8-19)30-24(12-26(46-30)38-22(15-35)16-36)40(28)32(42)44-18-20-9-5-2-6-10-20/h1-12H,17-18H2. The van der Waals surface area contributed by atoms with E-state index in [2.05, 4.69) is 9.98 Å². The van der Waals surface area contributed by atoms with Gasteiger partial charge in [0.15, 0.2) is 0 Å². The summed E-state index contributed by atoms with van der Waals surface area (Å²) in [5.41, 5.74) is 1.99. The largest absolute Gasteiger partial charge is 0.444 e. The molecule has 0 aliphatic rings. The highest BCUT2D eigenvalue weighted by Gasteiger charge is 2.30. The van der Waals surface area contributed by atoms with Gasteiger partial charge in [0, 0.05) is 0 Å². The van der Waals surface area contributed by atoms with Crippen molar-refractivity contribution in [1.29, 1.82) is 21.0 Å². The van der Waals surface area contributed by atoms with Gasteiger partial charge in [-0.3, -0.25) is 0 Å². The molecular formula is C32H16N8O4S2. The zero-order chi connectivity index (χ0) is 32.2. The number of benzene rings is 2. The van der Waals surface area contributed by atoms with Crippen LogP contribution in [-0.2, 0) is 22.7 Å². The van der Waals surface area contributed by atoms with Gasteiger partial charge in [0.05, 0.1) is 31.5 Å². The average Bonchev–Trinajstić information content (AvgIpc) is 3.82. The van der Waals surface area contributed by atoms with Crippen LogP contribution in [-0.4, -0.2) is 32.7 Å². The fraction of sp³-hybridized carbons (Fsp3) is 0.0625. The van der Waals surface area contributed by atoms with E-state index in [4.69, 9.17) is 9.47 Å². The van der Waals surface area contributed by atoms with Crippen LogP contribution in [0.25, 0.3) is 31.5 Å². The van der Waals surface area contributed by atoms with E-state index in [9.17, 15) is 30.6 Å². The first-order valence-electron chi connectivity index (χ1n) is 13.3. The van der Waals surface area contributed by atoms with Crippen LogP contribution in [0.1, 0.15) is 11.1 Å². The second-order valence-corrected chi connectivity index (χ2v) is 11.5. The summed E-state index contributed by atoms with van der Waals surface area (Å²) in [5.74, 6) is 0. The first kappa shape index (κ1) is 29.5. The van der Waals surface area contributed by atoms with E-state index in [0.29, 0.717) is 31.5 Å². The number of rotatable bonds is 6. The van der Waals surface area contributed by atoms with E-state index >= 15 is 0 Å². The molecule has 6 rings (SSSR count). The Morgan fingerprint density at radius 3 is 1.35 bits per heavy atom. The molecule has 0 aliphatic heterocycles. The van der Waals surface area contributed by atoms with Crippen molar-refractivity contribution in [2.24, 2.45) is 9.98 Å². The Morgan fingerprint density at radius 2 is 1.00 bits per heavy atom. The normalized spacial score (nSPS) is 10.4. The van der Waals surface area contributed by atoms with Crippen LogP contribution in [0.3, 0.4) is 0 Å². The molecule has 0 saturated carbocycles. The molecule has 0 fully saturated rings. The van der Waals surface area contributed by atoms with Gasteiger partial charge >= 0.3 is 12.2 Å². The monoisotopic (exact) mass is 640 g/mol. The van der Waals surface area contributed by atoms with Crippen molar-refractivity contribution < 1.29 is 19.1 Å². The van der Waals surface area contributed by atoms with Gasteiger partial charge in [0.1, 0.15) is 47.5 Å². The van der Waals surface area contributed by atoms with Crippen LogP contribution in [0.4, 0.5) is 19.6 Å². The van der Waals surface area contributed by atoms with Crippen molar-refractivity contribution in [2.75, 3.05) is 0 Å². The molecule has 0 radical (unpaired) electrons. The fourth-order valence-electron chi connectivity index (χ4n) is 4.71. The maximum atomic E-state index is 13.8. The summed E-state index contributed by atoms with van der Waals surface area (Å²) in [5, 5.41) is 37.6. The summed E-state index contributed by atoms with van der Waals surface area (Å²) in [6.45, 7) is -0.0840. The lowest BCUT2D eigenvalue weighted by Gasteiger charge is -2.07. The minimum absolute atomic E-state index is 0.0420. The molecule has 0 bridgehead atoms. The maximum absolute atomic E-state index is 13.8. The SMILES string of the molecule is N#CC(C#N)=Nc1cc2c(s1)c1c(c3sc(N=C(C#N)C#N)cc3n1C(=O)OCc1ccccc1)n2C(=O)OCc1ccccc1. The number of ether oxygens (including phenoxy) is 2. The molecule has 0 atom stereocenters. The predicted molar refractivity (Wildman–Crippen MR) is 171 cm³/mol. The zero-order valence-corrected chi connectivity index (χ0v) is 25.0. The quantitative estimate of drug-likeness (QED) is 0.168. The van der Waals surface area contributed by atoms with Crippen LogP contribution in [0.15, 0.2) is 82.8 Å². The number of thiophene rings is 2. The smallest absolute Gasteiger partial charge is 0.419 e. The van der Waals surface area contributed by atoms with Crippen LogP contribution in [0, 0.1) is 45.3 Å². The van der Waals surface area contributed by atoms with Crippen molar-refractivity contribution >= 4 is 87.8 Å². The van der Waals surface area contributed by atoms with Crippen molar-refractivity contribution in [3.05, 3.63) is 83.9 Å². The number of fused-ring (bicyclic) bond motifs is 5. The topological polar surface area (TPSA) is 182 Å². The van der Waals surface area contributed by atoms with Crippen molar-refractivity contribution in [1.82, 2.24) is 9.13 Å². The van der Waals surface area contributed by atoms with Gasteiger partial charge in [-0.2, -0.15) is 21.0 Å². The Bertz CT molecular complexity index is 2200. The number of carbonyl (C=O) groups is 2. The van der Waals surface area contributed by atoms with Crippen LogP contribution >= 0.6 is 22.7 Å². The van der Waals surface area contributed by atoms with E-state index in [0.717, 1.165) is 33.8 Å². The Hall–Kier alpha value is -6.58. The Balaban J connectivity index is 1.59. The molecule has 220 valence electrons. The Labute approximate surface area is 267 Å². The van der Waals surface area contributed by atoms with E-state index in [1.165, 1.54) is 21.3 Å². The summed E-state index contributed by atoms with van der Waals surface area (Å²) in [7, 11) is 0. The molecule has 4 aromatic heterocycles. The van der Waals surface area contributed by atoms with Crippen LogP contribution in [0.5, 0.6) is 0 Å². The summed E-state index contributed by atoms with van der Waals surface area (Å²) in [6, 6.07) is 28.1. The fourth-order valence-corrected chi connectivity index (χ4v) is 6.82. The number of aromatic nitrogens is 2. The summed E-state index contributed by atoms with van der Waals surface area (Å²) in [6.07, 6.45) is -1.52. The molecule has 0 N–H and O–H groups in total. The molecule has 12 nitrogen and oxygen atoms in total. The summed E-state index contributed by atoms with van der Waals surface area (Å²) >= 11 is 2.14. The van der Waals surface area contributed by atoms with Gasteiger partial charge in [-0.05, 0) is 23.3 Å². The first-order chi connectivity index (χ1) is 22.4. The highest BCUT2D eigenvalue weighted by atomic mass is 32.1. The van der Waals surface area contributed by atoms with Gasteiger partial charge in [-0.15, -0.1) is 22.7 Å². The molecule has 4 heterocycles. The lowest BCUT2D eigenvalue weighted by molar-refractivity contribution is 0.142. The summed E-state index contributed by atoms with van der Waals surface area (Å²) < 4.78 is 14.9. The maximum Gasteiger partial charge on any atom is 0.419 e. The lowest BCUT2D eigenvalue weighted by atomic mass is 10.2. The number of carbonyl (C=O) groups excluding carboxylic acids is 2. The number of hydrogen-bond donors (Lipinski definition) is 0. The molecule has 46 heavy (non-hydrogen) atoms. The van der Waals surface area contributed by atoms with Gasteiger partial charge in [-0.25, -0.2) is 28.7 Å².